The summed E-state index contributed by atoms with van der Waals surface area (Å²) in [6.07, 6.45) is 2.27. The summed E-state index contributed by atoms with van der Waals surface area (Å²) in [5.74, 6) is -1.34. The predicted octanol–water partition coefficient (Wildman–Crippen LogP) is 3.46. The van der Waals surface area contributed by atoms with Gasteiger partial charge in [-0.15, -0.1) is 0 Å². The first-order valence-electron chi connectivity index (χ1n) is 8.70. The zero-order valence-electron chi connectivity index (χ0n) is 15.0. The highest BCUT2D eigenvalue weighted by Gasteiger charge is 2.21. The van der Waals surface area contributed by atoms with Crippen LogP contribution in [0.15, 0.2) is 30.3 Å². The summed E-state index contributed by atoms with van der Waals surface area (Å²) in [6.45, 7) is 5.00. The molecule has 0 amide bonds. The molecule has 1 aliphatic rings. The van der Waals surface area contributed by atoms with Gasteiger partial charge in [0.05, 0.1) is 11.7 Å². The second kappa shape index (κ2) is 7.83. The van der Waals surface area contributed by atoms with Crippen molar-refractivity contribution in [2.24, 2.45) is 0 Å². The number of Topliss-reactive ketones (excluding diaryl/α,β-unsaturated/α-hetero) is 1. The van der Waals surface area contributed by atoms with Crippen LogP contribution < -0.4 is 0 Å². The fourth-order valence-electron chi connectivity index (χ4n) is 3.23. The van der Waals surface area contributed by atoms with Gasteiger partial charge in [-0.2, -0.15) is 0 Å². The number of carbonyl (C=O) groups excluding carboxylic acids is 2. The summed E-state index contributed by atoms with van der Waals surface area (Å²) in [7, 11) is 0. The number of ketones is 1. The Labute approximate surface area is 151 Å². The molecule has 0 radical (unpaired) electrons. The number of ether oxygens (including phenoxy) is 2. The molecule has 1 atom stereocenters. The lowest BCUT2D eigenvalue weighted by atomic mass is 10.1. The van der Waals surface area contributed by atoms with Crippen molar-refractivity contribution in [1.29, 1.82) is 0 Å². The van der Waals surface area contributed by atoms with E-state index in [1.54, 1.807) is 0 Å². The van der Waals surface area contributed by atoms with Crippen LogP contribution in [0.2, 0.25) is 0 Å². The van der Waals surface area contributed by atoms with E-state index in [1.165, 1.54) is 24.3 Å². The van der Waals surface area contributed by atoms with Gasteiger partial charge in [-0.05, 0) is 57.0 Å². The lowest BCUT2D eigenvalue weighted by Gasteiger charge is -2.14. The minimum Gasteiger partial charge on any atom is -0.454 e. The second-order valence-corrected chi connectivity index (χ2v) is 6.54. The SMILES string of the molecule is Cc1cc(C(=O)COC(=O)c2ccc(F)cc2)c(C)n1C[C@H]1CCCO1. The highest BCUT2D eigenvalue weighted by Crippen LogP contribution is 2.21. The van der Waals surface area contributed by atoms with E-state index in [4.69, 9.17) is 9.47 Å². The maximum Gasteiger partial charge on any atom is 0.338 e. The number of halogens is 1. The molecule has 2 heterocycles. The van der Waals surface area contributed by atoms with E-state index in [0.29, 0.717) is 5.56 Å². The van der Waals surface area contributed by atoms with Crippen molar-refractivity contribution in [3.8, 4) is 0 Å². The van der Waals surface area contributed by atoms with Gasteiger partial charge >= 0.3 is 5.97 Å². The van der Waals surface area contributed by atoms with Gasteiger partial charge in [0.2, 0.25) is 5.78 Å². The molecule has 0 aliphatic carbocycles. The molecule has 1 saturated heterocycles. The third-order valence-corrected chi connectivity index (χ3v) is 4.70. The molecule has 5 nitrogen and oxygen atoms in total. The summed E-state index contributed by atoms with van der Waals surface area (Å²) in [6, 6.07) is 6.83. The molecule has 0 unspecified atom stereocenters. The first-order chi connectivity index (χ1) is 12.5. The lowest BCUT2D eigenvalue weighted by molar-refractivity contribution is 0.0474. The Morgan fingerprint density at radius 1 is 1.27 bits per heavy atom. The van der Waals surface area contributed by atoms with E-state index in [9.17, 15) is 14.0 Å². The maximum atomic E-state index is 12.9. The Morgan fingerprint density at radius 3 is 2.65 bits per heavy atom. The van der Waals surface area contributed by atoms with E-state index >= 15 is 0 Å². The number of esters is 1. The van der Waals surface area contributed by atoms with Gasteiger partial charge < -0.3 is 14.0 Å². The van der Waals surface area contributed by atoms with Gasteiger partial charge in [0, 0.05) is 30.1 Å². The molecule has 1 aliphatic heterocycles. The van der Waals surface area contributed by atoms with Crippen molar-refractivity contribution < 1.29 is 23.5 Å². The highest BCUT2D eigenvalue weighted by atomic mass is 19.1. The minimum atomic E-state index is -0.647. The normalized spacial score (nSPS) is 16.7. The lowest BCUT2D eigenvalue weighted by Crippen LogP contribution is -2.18. The number of hydrogen-bond donors (Lipinski definition) is 0. The smallest absolute Gasteiger partial charge is 0.338 e. The third kappa shape index (κ3) is 4.02. The summed E-state index contributed by atoms with van der Waals surface area (Å²) in [4.78, 5) is 24.4. The Hall–Kier alpha value is -2.47. The van der Waals surface area contributed by atoms with E-state index in [2.05, 4.69) is 4.57 Å². The van der Waals surface area contributed by atoms with Crippen LogP contribution in [0.25, 0.3) is 0 Å². The zero-order chi connectivity index (χ0) is 18.7. The Kier molecular flexibility index (Phi) is 5.52. The predicted molar refractivity (Wildman–Crippen MR) is 93.9 cm³/mol. The molecule has 2 aromatic rings. The molecule has 6 heteroatoms. The van der Waals surface area contributed by atoms with Crippen LogP contribution >= 0.6 is 0 Å². The van der Waals surface area contributed by atoms with Crippen molar-refractivity contribution in [2.75, 3.05) is 13.2 Å². The molecule has 1 aromatic heterocycles. The number of aromatic nitrogens is 1. The minimum absolute atomic E-state index is 0.180. The second-order valence-electron chi connectivity index (χ2n) is 6.54. The average Bonchev–Trinajstić information content (AvgIpc) is 3.24. The fourth-order valence-corrected chi connectivity index (χ4v) is 3.23. The van der Waals surface area contributed by atoms with E-state index < -0.39 is 11.8 Å². The molecule has 138 valence electrons. The molecule has 1 aromatic carbocycles. The van der Waals surface area contributed by atoms with E-state index in [-0.39, 0.29) is 24.1 Å². The van der Waals surface area contributed by atoms with Crippen LogP contribution in [-0.2, 0) is 16.0 Å². The van der Waals surface area contributed by atoms with Crippen LogP contribution in [0.4, 0.5) is 4.39 Å². The quantitative estimate of drug-likeness (QED) is 0.585. The maximum absolute atomic E-state index is 12.9. The molecule has 0 N–H and O–H groups in total. The van der Waals surface area contributed by atoms with Crippen molar-refractivity contribution in [3.63, 3.8) is 0 Å². The molecule has 26 heavy (non-hydrogen) atoms. The fraction of sp³-hybridized carbons (Fsp3) is 0.400. The van der Waals surface area contributed by atoms with Crippen LogP contribution in [0, 0.1) is 19.7 Å². The average molecular weight is 359 g/mol. The molecule has 0 spiro atoms. The highest BCUT2D eigenvalue weighted by molar-refractivity contribution is 6.00. The topological polar surface area (TPSA) is 57.5 Å². The molecular weight excluding hydrogens is 337 g/mol. The van der Waals surface area contributed by atoms with Crippen LogP contribution in [0.1, 0.15) is 44.9 Å². The van der Waals surface area contributed by atoms with Gasteiger partial charge in [-0.1, -0.05) is 0 Å². The van der Waals surface area contributed by atoms with Gasteiger partial charge in [0.1, 0.15) is 5.82 Å². The first-order valence-corrected chi connectivity index (χ1v) is 8.70. The van der Waals surface area contributed by atoms with Gasteiger partial charge in [-0.3, -0.25) is 4.79 Å². The van der Waals surface area contributed by atoms with Crippen molar-refractivity contribution in [1.82, 2.24) is 4.57 Å². The summed E-state index contributed by atoms with van der Waals surface area (Å²) < 4.78 is 25.7. The van der Waals surface area contributed by atoms with Gasteiger partial charge in [0.15, 0.2) is 6.61 Å². The molecular formula is C20H22FNO4. The standard InChI is InChI=1S/C20H22FNO4/c1-13-10-18(14(2)22(13)11-17-4-3-9-25-17)19(23)12-26-20(24)15-5-7-16(21)8-6-15/h5-8,10,17H,3-4,9,11-12H2,1-2H3/t17-/m1/s1. The first kappa shape index (κ1) is 18.3. The number of nitrogens with zero attached hydrogens (tertiary/aromatic N) is 1. The van der Waals surface area contributed by atoms with Gasteiger partial charge in [-0.25, -0.2) is 9.18 Å². The van der Waals surface area contributed by atoms with Crippen molar-refractivity contribution in [2.45, 2.75) is 39.3 Å². The van der Waals surface area contributed by atoms with E-state index in [0.717, 1.165) is 37.4 Å². The largest absolute Gasteiger partial charge is 0.454 e. The van der Waals surface area contributed by atoms with Crippen LogP contribution in [0.3, 0.4) is 0 Å². The Morgan fingerprint density at radius 2 is 2.00 bits per heavy atom. The molecule has 3 rings (SSSR count). The third-order valence-electron chi connectivity index (χ3n) is 4.70. The molecule has 0 saturated carbocycles. The van der Waals surface area contributed by atoms with Crippen LogP contribution in [-0.4, -0.2) is 35.6 Å². The Bertz CT molecular complexity index is 804. The zero-order valence-corrected chi connectivity index (χ0v) is 15.0. The molecule has 0 bridgehead atoms. The molecule has 1 fully saturated rings. The Balaban J connectivity index is 1.64. The number of rotatable bonds is 6. The number of aryl methyl sites for hydroxylation is 1. The van der Waals surface area contributed by atoms with Crippen molar-refractivity contribution >= 4 is 11.8 Å². The monoisotopic (exact) mass is 359 g/mol. The number of benzene rings is 1. The number of hydrogen-bond acceptors (Lipinski definition) is 4. The van der Waals surface area contributed by atoms with E-state index in [1.807, 2.05) is 19.9 Å². The summed E-state index contributed by atoms with van der Waals surface area (Å²) in [5, 5.41) is 0. The summed E-state index contributed by atoms with van der Waals surface area (Å²) in [5.41, 5.74) is 2.59. The summed E-state index contributed by atoms with van der Waals surface area (Å²) >= 11 is 0. The van der Waals surface area contributed by atoms with Crippen molar-refractivity contribution in [3.05, 3.63) is 58.7 Å². The number of carbonyl (C=O) groups is 2. The van der Waals surface area contributed by atoms with Crippen LogP contribution in [0.5, 0.6) is 0 Å². The van der Waals surface area contributed by atoms with Gasteiger partial charge in [0.25, 0.3) is 0 Å².